The minimum Gasteiger partial charge on any atom is -0.488 e. The lowest BCUT2D eigenvalue weighted by Crippen LogP contribution is -2.48. The van der Waals surface area contributed by atoms with Crippen LogP contribution in [-0.4, -0.2) is 40.4 Å². The number of aliphatic carboxylic acids is 1. The summed E-state index contributed by atoms with van der Waals surface area (Å²) in [6.07, 6.45) is -0.131. The zero-order chi connectivity index (χ0) is 29.2. The Labute approximate surface area is 231 Å². The fraction of sp³-hybridized carbons (Fsp3) is 0.484. The number of ether oxygens (including phenoxy) is 2. The maximum absolute atomic E-state index is 13.4. The first-order valence-electron chi connectivity index (χ1n) is 13.3. The van der Waals surface area contributed by atoms with Crippen LogP contribution in [0.5, 0.6) is 5.75 Å². The Bertz CT molecular complexity index is 1100. The fourth-order valence-corrected chi connectivity index (χ4v) is 3.99. The first kappa shape index (κ1) is 31.5. The lowest BCUT2D eigenvalue weighted by Gasteiger charge is -2.25. The number of hydrogen-bond donors (Lipinski definition) is 2. The van der Waals surface area contributed by atoms with E-state index < -0.39 is 35.7 Å². The first-order chi connectivity index (χ1) is 18.2. The number of carboxylic acids is 1. The molecule has 0 aliphatic heterocycles. The van der Waals surface area contributed by atoms with Crippen molar-refractivity contribution < 1.29 is 33.8 Å². The van der Waals surface area contributed by atoms with Crippen LogP contribution in [0.1, 0.15) is 65.5 Å². The van der Waals surface area contributed by atoms with Gasteiger partial charge in [0.2, 0.25) is 5.91 Å². The van der Waals surface area contributed by atoms with E-state index in [9.17, 15) is 24.3 Å². The molecule has 8 nitrogen and oxygen atoms in total. The summed E-state index contributed by atoms with van der Waals surface area (Å²) in [6.45, 7) is 11.0. The van der Waals surface area contributed by atoms with Crippen LogP contribution in [0.2, 0.25) is 0 Å². The third-order valence-electron chi connectivity index (χ3n) is 6.10. The number of esters is 1. The van der Waals surface area contributed by atoms with Gasteiger partial charge < -0.3 is 19.9 Å². The molecule has 2 rings (SSSR count). The SMILES string of the molecule is CC(C)[C@H](NC(=O)[C@@H](CC(=O)OCc1ccccc1)Cc1ccc(OC(C)(C)C)cc1)C(=O)C[C@@H](C)C(=O)O. The molecule has 0 saturated carbocycles. The number of benzene rings is 2. The largest absolute Gasteiger partial charge is 0.488 e. The van der Waals surface area contributed by atoms with E-state index in [0.29, 0.717) is 5.75 Å². The number of nitrogens with one attached hydrogen (secondary N) is 1. The molecule has 0 aliphatic rings. The molecular formula is C31H41NO7. The molecule has 0 aliphatic carbocycles. The summed E-state index contributed by atoms with van der Waals surface area (Å²) < 4.78 is 11.3. The number of carbonyl (C=O) groups is 4. The molecule has 212 valence electrons. The van der Waals surface area contributed by atoms with E-state index in [-0.39, 0.29) is 43.2 Å². The number of carbonyl (C=O) groups excluding carboxylic acids is 3. The summed E-state index contributed by atoms with van der Waals surface area (Å²) in [6, 6.07) is 15.7. The van der Waals surface area contributed by atoms with E-state index in [1.165, 1.54) is 6.92 Å². The monoisotopic (exact) mass is 539 g/mol. The highest BCUT2D eigenvalue weighted by atomic mass is 16.5. The molecule has 1 amide bonds. The molecule has 0 heterocycles. The minimum absolute atomic E-state index is 0.0903. The van der Waals surface area contributed by atoms with Crippen LogP contribution in [0, 0.1) is 17.8 Å². The number of amides is 1. The van der Waals surface area contributed by atoms with E-state index in [2.05, 4.69) is 5.32 Å². The van der Waals surface area contributed by atoms with Crippen molar-refractivity contribution in [2.24, 2.45) is 17.8 Å². The molecule has 0 saturated heterocycles. The molecule has 0 bridgehead atoms. The van der Waals surface area contributed by atoms with Gasteiger partial charge in [0.05, 0.1) is 24.3 Å². The normalized spacial score (nSPS) is 13.7. The molecule has 2 aromatic rings. The van der Waals surface area contributed by atoms with E-state index in [1.807, 2.05) is 75.4 Å². The highest BCUT2D eigenvalue weighted by Crippen LogP contribution is 2.22. The number of rotatable bonds is 14. The molecule has 2 aromatic carbocycles. The van der Waals surface area contributed by atoms with Crippen molar-refractivity contribution in [1.82, 2.24) is 5.32 Å². The molecule has 2 N–H and O–H groups in total. The van der Waals surface area contributed by atoms with Crippen LogP contribution in [0.3, 0.4) is 0 Å². The van der Waals surface area contributed by atoms with Gasteiger partial charge in [-0.3, -0.25) is 19.2 Å². The Hall–Kier alpha value is -3.68. The average Bonchev–Trinajstić information content (AvgIpc) is 2.86. The molecule has 0 radical (unpaired) electrons. The van der Waals surface area contributed by atoms with Gasteiger partial charge in [-0.15, -0.1) is 0 Å². The standard InChI is InChI=1S/C31H41NO7/c1-20(2)28(26(33)16-21(3)30(36)37)32-29(35)24(18-27(34)38-19-23-10-8-7-9-11-23)17-22-12-14-25(15-13-22)39-31(4,5)6/h7-15,20-21,24,28H,16-19H2,1-6H3,(H,32,35)(H,36,37)/t21-,24-,28+/m1/s1. The smallest absolute Gasteiger partial charge is 0.306 e. The summed E-state index contributed by atoms with van der Waals surface area (Å²) in [5.74, 6) is -3.66. The lowest BCUT2D eigenvalue weighted by atomic mass is 9.91. The van der Waals surface area contributed by atoms with Crippen molar-refractivity contribution in [3.05, 3.63) is 65.7 Å². The maximum Gasteiger partial charge on any atom is 0.306 e. The number of hydrogen-bond acceptors (Lipinski definition) is 6. The topological polar surface area (TPSA) is 119 Å². The second kappa shape index (κ2) is 14.5. The Kier molecular flexibility index (Phi) is 11.7. The predicted octanol–water partition coefficient (Wildman–Crippen LogP) is 4.98. The molecule has 0 unspecified atom stereocenters. The predicted molar refractivity (Wildman–Crippen MR) is 148 cm³/mol. The maximum atomic E-state index is 13.4. The van der Waals surface area contributed by atoms with Crippen molar-refractivity contribution in [3.8, 4) is 5.75 Å². The Morgan fingerprint density at radius 1 is 0.872 bits per heavy atom. The van der Waals surface area contributed by atoms with Crippen LogP contribution >= 0.6 is 0 Å². The van der Waals surface area contributed by atoms with Gasteiger partial charge in [-0.1, -0.05) is 63.2 Å². The lowest BCUT2D eigenvalue weighted by molar-refractivity contribution is -0.148. The highest BCUT2D eigenvalue weighted by Gasteiger charge is 2.31. The Morgan fingerprint density at radius 3 is 2.03 bits per heavy atom. The Morgan fingerprint density at radius 2 is 1.49 bits per heavy atom. The van der Waals surface area contributed by atoms with Gasteiger partial charge in [0.1, 0.15) is 18.0 Å². The van der Waals surface area contributed by atoms with E-state index in [1.54, 1.807) is 13.8 Å². The molecule has 3 atom stereocenters. The minimum atomic E-state index is -1.07. The highest BCUT2D eigenvalue weighted by molar-refractivity contribution is 5.92. The molecule has 0 aromatic heterocycles. The van der Waals surface area contributed by atoms with Crippen LogP contribution in [0.25, 0.3) is 0 Å². The summed E-state index contributed by atoms with van der Waals surface area (Å²) in [4.78, 5) is 50.3. The van der Waals surface area contributed by atoms with E-state index in [4.69, 9.17) is 9.47 Å². The van der Waals surface area contributed by atoms with Gasteiger partial charge in [-0.25, -0.2) is 0 Å². The van der Waals surface area contributed by atoms with Gasteiger partial charge in [-0.2, -0.15) is 0 Å². The average molecular weight is 540 g/mol. The van der Waals surface area contributed by atoms with Gasteiger partial charge in [0.15, 0.2) is 5.78 Å². The van der Waals surface area contributed by atoms with Gasteiger partial charge in [-0.05, 0) is 56.4 Å². The van der Waals surface area contributed by atoms with Gasteiger partial charge in [0.25, 0.3) is 0 Å². The van der Waals surface area contributed by atoms with E-state index >= 15 is 0 Å². The molecule has 0 spiro atoms. The number of ketones is 1. The zero-order valence-corrected chi connectivity index (χ0v) is 23.7. The first-order valence-corrected chi connectivity index (χ1v) is 13.3. The van der Waals surface area contributed by atoms with Crippen molar-refractivity contribution in [2.75, 3.05) is 0 Å². The van der Waals surface area contributed by atoms with Crippen LogP contribution in [0.15, 0.2) is 54.6 Å². The quantitative estimate of drug-likeness (QED) is 0.325. The second-order valence-electron chi connectivity index (χ2n) is 11.2. The molecule has 8 heteroatoms. The molecule has 39 heavy (non-hydrogen) atoms. The zero-order valence-electron chi connectivity index (χ0n) is 23.7. The van der Waals surface area contributed by atoms with Gasteiger partial charge >= 0.3 is 11.9 Å². The number of carboxylic acid groups (broad SMARTS) is 1. The van der Waals surface area contributed by atoms with Crippen molar-refractivity contribution in [1.29, 1.82) is 0 Å². The summed E-state index contributed by atoms with van der Waals surface area (Å²) in [5, 5.41) is 12.0. The summed E-state index contributed by atoms with van der Waals surface area (Å²) in [7, 11) is 0. The summed E-state index contributed by atoms with van der Waals surface area (Å²) in [5.41, 5.74) is 1.29. The van der Waals surface area contributed by atoms with Crippen molar-refractivity contribution in [3.63, 3.8) is 0 Å². The molecule has 0 fully saturated rings. The molecular weight excluding hydrogens is 498 g/mol. The van der Waals surface area contributed by atoms with Crippen LogP contribution in [0.4, 0.5) is 0 Å². The van der Waals surface area contributed by atoms with Crippen molar-refractivity contribution >= 4 is 23.6 Å². The Balaban J connectivity index is 2.19. The second-order valence-corrected chi connectivity index (χ2v) is 11.2. The van der Waals surface area contributed by atoms with Crippen LogP contribution in [-0.2, 0) is 36.9 Å². The van der Waals surface area contributed by atoms with Crippen LogP contribution < -0.4 is 10.1 Å². The fourth-order valence-electron chi connectivity index (χ4n) is 3.99. The van der Waals surface area contributed by atoms with Gasteiger partial charge in [0, 0.05) is 6.42 Å². The number of Topliss-reactive ketones (excluding diaryl/α,β-unsaturated/α-hetero) is 1. The third kappa shape index (κ3) is 11.3. The van der Waals surface area contributed by atoms with Crippen molar-refractivity contribution in [2.45, 2.75) is 79.1 Å². The summed E-state index contributed by atoms with van der Waals surface area (Å²) >= 11 is 0. The third-order valence-corrected chi connectivity index (χ3v) is 6.10. The van der Waals surface area contributed by atoms with E-state index in [0.717, 1.165) is 11.1 Å².